The Morgan fingerprint density at radius 1 is 1.18 bits per heavy atom. The van der Waals surface area contributed by atoms with Gasteiger partial charge in [-0.3, -0.25) is 14.2 Å². The summed E-state index contributed by atoms with van der Waals surface area (Å²) in [4.78, 5) is 33.2. The van der Waals surface area contributed by atoms with Gasteiger partial charge in [-0.15, -0.1) is 11.6 Å². The molecule has 2 saturated carbocycles. The summed E-state index contributed by atoms with van der Waals surface area (Å²) in [6, 6.07) is 0.991. The molecule has 1 aromatic rings. The van der Waals surface area contributed by atoms with Gasteiger partial charge in [-0.1, -0.05) is 0 Å². The van der Waals surface area contributed by atoms with Crippen molar-refractivity contribution < 1.29 is 19.7 Å². The van der Waals surface area contributed by atoms with Crippen LogP contribution in [-0.4, -0.2) is 96.5 Å². The number of carboxylic acids is 1. The normalized spacial score (nSPS) is 40.2. The van der Waals surface area contributed by atoms with E-state index in [1.54, 1.807) is 0 Å². The molecule has 3 aliphatic carbocycles. The number of hydrogen-bond donors (Lipinski definition) is 3. The third-order valence-corrected chi connectivity index (χ3v) is 13.9. The van der Waals surface area contributed by atoms with Crippen LogP contribution in [0.5, 0.6) is 0 Å². The lowest BCUT2D eigenvalue weighted by atomic mass is 9.70. The summed E-state index contributed by atoms with van der Waals surface area (Å²) in [5.41, 5.74) is 1.33. The first kappa shape index (κ1) is 33.7. The Morgan fingerprint density at radius 3 is 2.67 bits per heavy atom. The van der Waals surface area contributed by atoms with Crippen LogP contribution >= 0.6 is 23.4 Å². The predicted octanol–water partition coefficient (Wildman–Crippen LogP) is 4.01. The molecule has 2 saturated heterocycles. The Hall–Kier alpha value is -1.17. The number of carboxylic acid groups (broad SMARTS) is 1. The number of aliphatic carboxylic acids is 1. The highest BCUT2D eigenvalue weighted by Gasteiger charge is 2.51. The van der Waals surface area contributed by atoms with Crippen LogP contribution in [0.25, 0.3) is 0 Å². The van der Waals surface area contributed by atoms with Crippen LogP contribution in [0.2, 0.25) is 0 Å². The smallest absolute Gasteiger partial charge is 0.308 e. The second kappa shape index (κ2) is 13.7. The average molecular weight is 665 g/mol. The van der Waals surface area contributed by atoms with Gasteiger partial charge in [-0.05, 0) is 110 Å². The molecule has 0 bridgehead atoms. The van der Waals surface area contributed by atoms with Gasteiger partial charge in [0.1, 0.15) is 5.82 Å². The molecule has 0 aromatic carbocycles. The minimum absolute atomic E-state index is 0.0174. The zero-order valence-electron chi connectivity index (χ0n) is 27.4. The number of nitrogens with one attached hydrogen (secondary N) is 1. The number of aliphatic hydroxyl groups is 1. The molecule has 3 heterocycles. The van der Waals surface area contributed by atoms with Crippen molar-refractivity contribution in [1.82, 2.24) is 19.8 Å². The summed E-state index contributed by atoms with van der Waals surface area (Å²) >= 11 is 8.56. The van der Waals surface area contributed by atoms with E-state index >= 15 is 0 Å². The molecule has 0 spiro atoms. The molecule has 2 aliphatic heterocycles. The second-order valence-corrected chi connectivity index (χ2v) is 16.9. The van der Waals surface area contributed by atoms with E-state index in [2.05, 4.69) is 24.2 Å². The van der Waals surface area contributed by atoms with Crippen LogP contribution in [0.1, 0.15) is 88.7 Å². The summed E-state index contributed by atoms with van der Waals surface area (Å²) in [5, 5.41) is 24.2. The van der Waals surface area contributed by atoms with Gasteiger partial charge in [0.15, 0.2) is 0 Å². The number of alkyl halides is 1. The first-order chi connectivity index (χ1) is 21.4. The van der Waals surface area contributed by atoms with Crippen LogP contribution in [0, 0.1) is 24.7 Å². The van der Waals surface area contributed by atoms with Gasteiger partial charge in [-0.25, -0.2) is 4.98 Å². The lowest BCUT2D eigenvalue weighted by Crippen LogP contribution is -2.57. The van der Waals surface area contributed by atoms with Crippen molar-refractivity contribution >= 4 is 29.3 Å². The number of piperidine rings is 1. The van der Waals surface area contributed by atoms with Crippen molar-refractivity contribution in [3.05, 3.63) is 27.4 Å². The molecule has 3 N–H and O–H groups in total. The van der Waals surface area contributed by atoms with Gasteiger partial charge in [0.05, 0.1) is 36.5 Å². The largest absolute Gasteiger partial charge is 0.481 e. The number of carbonyl (C=O) groups is 1. The molecular weight excluding hydrogens is 612 g/mol. The summed E-state index contributed by atoms with van der Waals surface area (Å²) < 4.78 is 8.46. The number of aromatic nitrogens is 2. The molecule has 45 heavy (non-hydrogen) atoms. The van der Waals surface area contributed by atoms with Crippen molar-refractivity contribution in [2.24, 2.45) is 17.8 Å². The molecule has 4 fully saturated rings. The van der Waals surface area contributed by atoms with E-state index in [0.717, 1.165) is 87.7 Å². The number of fused-ring (bicyclic) bond motifs is 2. The predicted molar refractivity (Wildman–Crippen MR) is 178 cm³/mol. The van der Waals surface area contributed by atoms with Crippen molar-refractivity contribution in [2.75, 3.05) is 19.4 Å². The number of halogens is 1. The summed E-state index contributed by atoms with van der Waals surface area (Å²) in [7, 11) is 2.19. The average Bonchev–Trinajstić information content (AvgIpc) is 3.43. The number of likely N-dealkylation sites (N-methyl/N-ethyl adjacent to an activating group) is 1. The fourth-order valence-corrected chi connectivity index (χ4v) is 11.4. The molecular formula is C34H53ClN4O5S. The van der Waals surface area contributed by atoms with Crippen molar-refractivity contribution in [3.8, 4) is 0 Å². The van der Waals surface area contributed by atoms with Crippen molar-refractivity contribution in [2.45, 2.75) is 144 Å². The van der Waals surface area contributed by atoms with Gasteiger partial charge >= 0.3 is 5.97 Å². The molecule has 0 amide bonds. The van der Waals surface area contributed by atoms with Gasteiger partial charge in [0.2, 0.25) is 0 Å². The summed E-state index contributed by atoms with van der Waals surface area (Å²) in [6.07, 6.45) is 9.92. The van der Waals surface area contributed by atoms with E-state index in [0.29, 0.717) is 36.9 Å². The van der Waals surface area contributed by atoms with E-state index in [-0.39, 0.29) is 46.2 Å². The molecule has 9 nitrogen and oxygen atoms in total. The van der Waals surface area contributed by atoms with Crippen LogP contribution in [0.4, 0.5) is 0 Å². The van der Waals surface area contributed by atoms with Gasteiger partial charge in [0.25, 0.3) is 5.56 Å². The third-order valence-electron chi connectivity index (χ3n) is 11.9. The van der Waals surface area contributed by atoms with Crippen molar-refractivity contribution in [1.29, 1.82) is 0 Å². The molecule has 6 rings (SSSR count). The highest BCUT2D eigenvalue weighted by molar-refractivity contribution is 8.00. The maximum Gasteiger partial charge on any atom is 0.308 e. The highest BCUT2D eigenvalue weighted by Crippen LogP contribution is 2.48. The molecule has 5 aliphatic rings. The molecule has 8 unspecified atom stereocenters. The Bertz CT molecular complexity index is 1280. The van der Waals surface area contributed by atoms with E-state index in [1.165, 1.54) is 0 Å². The second-order valence-electron chi connectivity index (χ2n) is 15.1. The zero-order valence-corrected chi connectivity index (χ0v) is 29.0. The SMILES string of the molecule is Cc1nc2c(c(=O)n1CCOC1CCC(Cl)CC1C1CC(C)NC3C(C(=O)O)CSC13)C[C@@H](N(C)C1CCC(C)(O)CC1)CC2. The van der Waals surface area contributed by atoms with Crippen LogP contribution < -0.4 is 10.9 Å². The highest BCUT2D eigenvalue weighted by atomic mass is 35.5. The fourth-order valence-electron chi connectivity index (χ4n) is 9.26. The quantitative estimate of drug-likeness (QED) is 0.355. The van der Waals surface area contributed by atoms with Gasteiger partial charge in [0, 0.05) is 46.1 Å². The topological polar surface area (TPSA) is 117 Å². The Morgan fingerprint density at radius 2 is 1.93 bits per heavy atom. The number of nitrogens with zero attached hydrogens (tertiary/aromatic N) is 3. The van der Waals surface area contributed by atoms with Crippen LogP contribution in [0.15, 0.2) is 4.79 Å². The third kappa shape index (κ3) is 7.16. The zero-order chi connectivity index (χ0) is 32.0. The molecule has 0 radical (unpaired) electrons. The number of aryl methyl sites for hydroxylation is 2. The maximum atomic E-state index is 13.9. The lowest BCUT2D eigenvalue weighted by molar-refractivity contribution is -0.142. The van der Waals surface area contributed by atoms with E-state index in [4.69, 9.17) is 21.3 Å². The standard InChI is InChI=1S/C34H53ClN4O5S/c1-19-15-25(31-30(36-19)27(18-45-31)33(41)42)24-16-21(35)5-8-29(24)44-14-13-39-20(2)37-28-7-6-23(17-26(28)32(39)40)38(4)22-9-11-34(3,43)12-10-22/h19,21-25,27,29-31,36,43H,5-18H2,1-4H3,(H,41,42)/t19?,21?,22?,23-,24?,25?,27?,29?,30?,31?,34?/m0/s1. The lowest BCUT2D eigenvalue weighted by Gasteiger charge is -2.47. The minimum Gasteiger partial charge on any atom is -0.481 e. The van der Waals surface area contributed by atoms with E-state index in [9.17, 15) is 19.8 Å². The number of hydrogen-bond acceptors (Lipinski definition) is 8. The first-order valence-corrected chi connectivity index (χ1v) is 18.8. The van der Waals surface area contributed by atoms with Crippen LogP contribution in [0.3, 0.4) is 0 Å². The Balaban J connectivity index is 1.12. The van der Waals surface area contributed by atoms with Crippen molar-refractivity contribution in [3.63, 3.8) is 0 Å². The number of thioether (sulfide) groups is 1. The summed E-state index contributed by atoms with van der Waals surface area (Å²) in [5.74, 6) is 0.967. The first-order valence-electron chi connectivity index (χ1n) is 17.3. The fraction of sp³-hybridized carbons (Fsp3) is 0.853. The van der Waals surface area contributed by atoms with E-state index in [1.807, 2.05) is 30.2 Å². The monoisotopic (exact) mass is 664 g/mol. The summed E-state index contributed by atoms with van der Waals surface area (Å²) in [6.45, 7) is 6.96. The number of ether oxygens (including phenoxy) is 1. The van der Waals surface area contributed by atoms with E-state index < -0.39 is 11.6 Å². The molecule has 252 valence electrons. The maximum absolute atomic E-state index is 13.9. The Kier molecular flexibility index (Phi) is 10.3. The van der Waals surface area contributed by atoms with Crippen LogP contribution in [-0.2, 0) is 28.9 Å². The van der Waals surface area contributed by atoms with Gasteiger partial charge < -0.3 is 25.2 Å². The van der Waals surface area contributed by atoms with Gasteiger partial charge in [-0.2, -0.15) is 11.8 Å². The molecule has 11 heteroatoms. The molecule has 1 aromatic heterocycles. The molecule has 9 atom stereocenters. The Labute approximate surface area is 277 Å². The minimum atomic E-state index is -0.706. The number of rotatable bonds is 8.